The first-order chi connectivity index (χ1) is 9.43. The van der Waals surface area contributed by atoms with Crippen molar-refractivity contribution in [2.24, 2.45) is 5.92 Å². The third-order valence-electron chi connectivity index (χ3n) is 4.43. The number of aryl methyl sites for hydroxylation is 2. The van der Waals surface area contributed by atoms with Gasteiger partial charge in [0.2, 0.25) is 0 Å². The highest BCUT2D eigenvalue weighted by Gasteiger charge is 2.29. The summed E-state index contributed by atoms with van der Waals surface area (Å²) >= 11 is 0. The lowest BCUT2D eigenvalue weighted by Crippen LogP contribution is -2.18. The van der Waals surface area contributed by atoms with Crippen LogP contribution in [0.15, 0.2) is 35.9 Å². The summed E-state index contributed by atoms with van der Waals surface area (Å²) in [5.41, 5.74) is 6.68. The van der Waals surface area contributed by atoms with E-state index in [0.717, 1.165) is 5.75 Å². The zero-order chi connectivity index (χ0) is 14.9. The monoisotopic (exact) mass is 270 g/mol. The Hall–Kier alpha value is -1.50. The van der Waals surface area contributed by atoms with Crippen LogP contribution in [-0.2, 0) is 0 Å². The summed E-state index contributed by atoms with van der Waals surface area (Å²) in [6.07, 6.45) is 4.79. The van der Waals surface area contributed by atoms with E-state index in [2.05, 4.69) is 52.5 Å². The molecule has 1 heteroatoms. The van der Waals surface area contributed by atoms with Crippen molar-refractivity contribution in [2.75, 3.05) is 7.11 Å². The van der Waals surface area contributed by atoms with Crippen LogP contribution in [0.25, 0.3) is 0 Å². The zero-order valence-corrected chi connectivity index (χ0v) is 13.4. The van der Waals surface area contributed by atoms with Gasteiger partial charge in [0, 0.05) is 11.5 Å². The molecule has 0 radical (unpaired) electrons. The predicted octanol–water partition coefficient (Wildman–Crippen LogP) is 5.33. The molecule has 0 saturated heterocycles. The van der Waals surface area contributed by atoms with Gasteiger partial charge in [0.15, 0.2) is 0 Å². The van der Waals surface area contributed by atoms with Crippen LogP contribution < -0.4 is 4.74 Å². The molecular weight excluding hydrogens is 244 g/mol. The molecule has 0 unspecified atom stereocenters. The summed E-state index contributed by atoms with van der Waals surface area (Å²) in [5.74, 6) is 1.94. The maximum atomic E-state index is 5.66. The Bertz CT molecular complexity index is 551. The van der Waals surface area contributed by atoms with Gasteiger partial charge in [0.25, 0.3) is 0 Å². The molecule has 2 atom stereocenters. The first kappa shape index (κ1) is 14.9. The third-order valence-corrected chi connectivity index (χ3v) is 4.43. The van der Waals surface area contributed by atoms with E-state index in [9.17, 15) is 0 Å². The van der Waals surface area contributed by atoms with Gasteiger partial charge in [-0.2, -0.15) is 0 Å². The Labute approximate surface area is 123 Å². The molecule has 1 aliphatic rings. The maximum absolute atomic E-state index is 5.66. The van der Waals surface area contributed by atoms with Crippen molar-refractivity contribution in [2.45, 2.75) is 46.5 Å². The number of hydrogen-bond donors (Lipinski definition) is 0. The Balaban J connectivity index is 2.57. The van der Waals surface area contributed by atoms with Crippen LogP contribution in [-0.4, -0.2) is 7.11 Å². The summed E-state index contributed by atoms with van der Waals surface area (Å²) in [5, 5.41) is 0. The van der Waals surface area contributed by atoms with Gasteiger partial charge in [-0.15, -0.1) is 0 Å². The second-order valence-corrected chi connectivity index (χ2v) is 6.23. The smallest absolute Gasteiger partial charge is 0.123 e. The molecule has 0 aliphatic heterocycles. The SMILES string of the molecule is C=C(C)[C@@H]1CCC(C)=C[C@H]1c1c(C)cc(C)cc1OC. The van der Waals surface area contributed by atoms with Gasteiger partial charge in [0.1, 0.15) is 5.75 Å². The van der Waals surface area contributed by atoms with Crippen molar-refractivity contribution in [3.63, 3.8) is 0 Å². The molecule has 0 fully saturated rings. The summed E-state index contributed by atoms with van der Waals surface area (Å²) in [6.45, 7) is 12.9. The van der Waals surface area contributed by atoms with Gasteiger partial charge in [-0.3, -0.25) is 0 Å². The first-order valence-electron chi connectivity index (χ1n) is 7.42. The number of methoxy groups -OCH3 is 1. The molecule has 2 rings (SSSR count). The van der Waals surface area contributed by atoms with Crippen molar-refractivity contribution in [1.82, 2.24) is 0 Å². The standard InChI is InChI=1S/C19H26O/c1-12(2)16-8-7-13(3)10-17(16)19-15(5)9-14(4)11-18(19)20-6/h9-11,16-17H,1,7-8H2,2-6H3/t16-,17+/m0/s1. The van der Waals surface area contributed by atoms with E-state index in [4.69, 9.17) is 4.74 Å². The molecule has 108 valence electrons. The minimum absolute atomic E-state index is 0.400. The molecule has 0 spiro atoms. The van der Waals surface area contributed by atoms with Crippen LogP contribution >= 0.6 is 0 Å². The molecule has 1 aromatic carbocycles. The Morgan fingerprint density at radius 2 is 1.95 bits per heavy atom. The van der Waals surface area contributed by atoms with Crippen LogP contribution in [0, 0.1) is 19.8 Å². The highest BCUT2D eigenvalue weighted by Crippen LogP contribution is 2.44. The second-order valence-electron chi connectivity index (χ2n) is 6.23. The summed E-state index contributed by atoms with van der Waals surface area (Å²) in [6, 6.07) is 4.40. The van der Waals surface area contributed by atoms with Crippen LogP contribution in [0.5, 0.6) is 5.75 Å². The van der Waals surface area contributed by atoms with E-state index in [1.54, 1.807) is 7.11 Å². The van der Waals surface area contributed by atoms with E-state index in [1.165, 1.54) is 40.7 Å². The number of ether oxygens (including phenoxy) is 1. The molecule has 0 heterocycles. The quantitative estimate of drug-likeness (QED) is 0.675. The summed E-state index contributed by atoms with van der Waals surface area (Å²) in [7, 11) is 1.77. The average molecular weight is 270 g/mol. The fourth-order valence-corrected chi connectivity index (χ4v) is 3.44. The normalized spacial score (nSPS) is 22.4. The van der Waals surface area contributed by atoms with Crippen LogP contribution in [0.4, 0.5) is 0 Å². The molecule has 0 N–H and O–H groups in total. The lowest BCUT2D eigenvalue weighted by Gasteiger charge is -2.32. The van der Waals surface area contributed by atoms with E-state index >= 15 is 0 Å². The first-order valence-corrected chi connectivity index (χ1v) is 7.42. The van der Waals surface area contributed by atoms with Crippen LogP contribution in [0.2, 0.25) is 0 Å². The summed E-state index contributed by atoms with van der Waals surface area (Å²) < 4.78 is 5.66. The largest absolute Gasteiger partial charge is 0.496 e. The van der Waals surface area contributed by atoms with Crippen molar-refractivity contribution in [3.8, 4) is 5.75 Å². The predicted molar refractivity (Wildman–Crippen MR) is 86.5 cm³/mol. The second kappa shape index (κ2) is 5.87. The van der Waals surface area contributed by atoms with Gasteiger partial charge < -0.3 is 4.74 Å². The van der Waals surface area contributed by atoms with E-state index in [1.807, 2.05) is 0 Å². The van der Waals surface area contributed by atoms with Gasteiger partial charge in [0.05, 0.1) is 7.11 Å². The molecule has 0 bridgehead atoms. The fourth-order valence-electron chi connectivity index (χ4n) is 3.44. The van der Waals surface area contributed by atoms with Crippen molar-refractivity contribution >= 4 is 0 Å². The minimum Gasteiger partial charge on any atom is -0.496 e. The van der Waals surface area contributed by atoms with Gasteiger partial charge in [-0.05, 0) is 63.6 Å². The Morgan fingerprint density at radius 1 is 1.25 bits per heavy atom. The summed E-state index contributed by atoms with van der Waals surface area (Å²) in [4.78, 5) is 0. The van der Waals surface area contributed by atoms with Crippen LogP contribution in [0.3, 0.4) is 0 Å². The Kier molecular flexibility index (Phi) is 4.37. The number of hydrogen-bond acceptors (Lipinski definition) is 1. The van der Waals surface area contributed by atoms with E-state index in [0.29, 0.717) is 11.8 Å². The van der Waals surface area contributed by atoms with Gasteiger partial charge >= 0.3 is 0 Å². The maximum Gasteiger partial charge on any atom is 0.123 e. The van der Waals surface area contributed by atoms with Crippen molar-refractivity contribution < 1.29 is 4.74 Å². The average Bonchev–Trinajstić information content (AvgIpc) is 2.37. The molecule has 1 aromatic rings. The van der Waals surface area contributed by atoms with Crippen molar-refractivity contribution in [1.29, 1.82) is 0 Å². The minimum atomic E-state index is 0.400. The van der Waals surface area contributed by atoms with Gasteiger partial charge in [-0.25, -0.2) is 0 Å². The fraction of sp³-hybridized carbons (Fsp3) is 0.474. The highest BCUT2D eigenvalue weighted by atomic mass is 16.5. The Morgan fingerprint density at radius 3 is 2.55 bits per heavy atom. The number of rotatable bonds is 3. The third kappa shape index (κ3) is 2.82. The molecule has 1 nitrogen and oxygen atoms in total. The number of allylic oxidation sites excluding steroid dienone is 3. The topological polar surface area (TPSA) is 9.23 Å². The highest BCUT2D eigenvalue weighted by molar-refractivity contribution is 5.48. The molecule has 1 aliphatic carbocycles. The van der Waals surface area contributed by atoms with Crippen LogP contribution in [0.1, 0.15) is 49.3 Å². The molecule has 20 heavy (non-hydrogen) atoms. The molecule has 0 amide bonds. The molecule has 0 aromatic heterocycles. The van der Waals surface area contributed by atoms with E-state index in [-0.39, 0.29) is 0 Å². The molecular formula is C19H26O. The molecule has 0 saturated carbocycles. The van der Waals surface area contributed by atoms with Gasteiger partial charge in [-0.1, -0.05) is 29.9 Å². The lowest BCUT2D eigenvalue weighted by molar-refractivity contribution is 0.395. The lowest BCUT2D eigenvalue weighted by atomic mass is 9.73. The van der Waals surface area contributed by atoms with Crippen molar-refractivity contribution in [3.05, 3.63) is 52.6 Å². The number of benzene rings is 1. The van der Waals surface area contributed by atoms with E-state index < -0.39 is 0 Å². The zero-order valence-electron chi connectivity index (χ0n) is 13.4.